The Balaban J connectivity index is 2.62. The number of rotatable bonds is 7. The summed E-state index contributed by atoms with van der Waals surface area (Å²) in [6, 6.07) is 0. The zero-order valence-corrected chi connectivity index (χ0v) is 10.8. The van der Waals surface area contributed by atoms with Crippen LogP contribution in [0.5, 0.6) is 5.75 Å². The van der Waals surface area contributed by atoms with Crippen LogP contribution in [0.25, 0.3) is 0 Å². The number of hydrogen-bond acceptors (Lipinski definition) is 5. The predicted molar refractivity (Wildman–Crippen MR) is 67.5 cm³/mol. The van der Waals surface area contributed by atoms with Crippen LogP contribution in [0.4, 0.5) is 0 Å². The van der Waals surface area contributed by atoms with Crippen molar-refractivity contribution in [1.29, 1.82) is 0 Å². The van der Waals surface area contributed by atoms with Crippen molar-refractivity contribution in [2.24, 2.45) is 0 Å². The van der Waals surface area contributed by atoms with E-state index in [2.05, 4.69) is 17.9 Å². The molecule has 1 aromatic heterocycles. The Morgan fingerprint density at radius 2 is 2.35 bits per heavy atom. The summed E-state index contributed by atoms with van der Waals surface area (Å²) in [6.45, 7) is 5.70. The van der Waals surface area contributed by atoms with Crippen LogP contribution in [0, 0.1) is 0 Å². The van der Waals surface area contributed by atoms with E-state index in [0.717, 1.165) is 30.8 Å². The van der Waals surface area contributed by atoms with Crippen molar-refractivity contribution in [2.45, 2.75) is 32.6 Å². The van der Waals surface area contributed by atoms with E-state index in [1.807, 2.05) is 0 Å². The maximum absolute atomic E-state index is 11.5. The molecule has 1 N–H and O–H groups in total. The van der Waals surface area contributed by atoms with Gasteiger partial charge in [0.1, 0.15) is 6.61 Å². The Morgan fingerprint density at radius 1 is 1.59 bits per heavy atom. The second-order valence-electron chi connectivity index (χ2n) is 3.65. The summed E-state index contributed by atoms with van der Waals surface area (Å²) in [4.78, 5) is 11.7. The number of nitrogens with zero attached hydrogens (tertiary/aromatic N) is 1. The molecule has 0 saturated carbocycles. The van der Waals surface area contributed by atoms with Crippen molar-refractivity contribution < 1.29 is 14.6 Å². The molecule has 1 heterocycles. The number of hydrogen-bond donors (Lipinski definition) is 1. The number of aryl methyl sites for hydroxylation is 1. The number of aromatic hydroxyl groups is 1. The van der Waals surface area contributed by atoms with Gasteiger partial charge in [0.05, 0.1) is 5.69 Å². The van der Waals surface area contributed by atoms with Crippen molar-refractivity contribution in [2.75, 3.05) is 6.61 Å². The van der Waals surface area contributed by atoms with Crippen molar-refractivity contribution in [3.05, 3.63) is 23.2 Å². The van der Waals surface area contributed by atoms with Gasteiger partial charge in [-0.15, -0.1) is 0 Å². The molecular formula is C12H17NO3S. The molecule has 1 rings (SSSR count). The van der Waals surface area contributed by atoms with Gasteiger partial charge in [-0.25, -0.2) is 4.79 Å². The van der Waals surface area contributed by atoms with Gasteiger partial charge in [-0.2, -0.15) is 4.37 Å². The van der Waals surface area contributed by atoms with Crippen LogP contribution in [0.3, 0.4) is 0 Å². The molecule has 0 radical (unpaired) electrons. The number of esters is 1. The van der Waals surface area contributed by atoms with Crippen molar-refractivity contribution in [1.82, 2.24) is 4.37 Å². The highest BCUT2D eigenvalue weighted by atomic mass is 32.1. The zero-order chi connectivity index (χ0) is 12.7. The third-order valence-electron chi connectivity index (χ3n) is 2.27. The van der Waals surface area contributed by atoms with E-state index in [0.29, 0.717) is 12.1 Å². The first-order valence-electron chi connectivity index (χ1n) is 5.66. The number of carbonyl (C=O) groups is 1. The third-order valence-corrected chi connectivity index (χ3v) is 3.12. The average Bonchev–Trinajstić information content (AvgIpc) is 2.68. The summed E-state index contributed by atoms with van der Waals surface area (Å²) in [7, 11) is 0. The highest BCUT2D eigenvalue weighted by molar-refractivity contribution is 7.08. The van der Waals surface area contributed by atoms with Crippen LogP contribution < -0.4 is 0 Å². The molecule has 0 unspecified atom stereocenters. The lowest BCUT2D eigenvalue weighted by Gasteiger charge is -2.00. The zero-order valence-electron chi connectivity index (χ0n) is 9.94. The molecule has 1 aromatic rings. The Bertz CT molecular complexity index is 387. The lowest BCUT2D eigenvalue weighted by molar-refractivity contribution is 0.0552. The lowest BCUT2D eigenvalue weighted by Crippen LogP contribution is -2.03. The monoisotopic (exact) mass is 255 g/mol. The first-order valence-corrected chi connectivity index (χ1v) is 6.43. The van der Waals surface area contributed by atoms with Crippen molar-refractivity contribution >= 4 is 17.5 Å². The quantitative estimate of drug-likeness (QED) is 0.462. The molecule has 0 amide bonds. The van der Waals surface area contributed by atoms with Gasteiger partial charge >= 0.3 is 5.97 Å². The Labute approximate surface area is 105 Å². The molecule has 0 aromatic carbocycles. The van der Waals surface area contributed by atoms with E-state index < -0.39 is 5.97 Å². The SMILES string of the molecule is C=CCOC(=O)c1snc(CCCCC)c1O. The molecule has 0 saturated heterocycles. The minimum Gasteiger partial charge on any atom is -0.504 e. The molecule has 0 aliphatic rings. The van der Waals surface area contributed by atoms with E-state index in [4.69, 9.17) is 4.74 Å². The van der Waals surface area contributed by atoms with Gasteiger partial charge in [0.25, 0.3) is 0 Å². The molecule has 0 fully saturated rings. The van der Waals surface area contributed by atoms with Crippen LogP contribution in [0.2, 0.25) is 0 Å². The van der Waals surface area contributed by atoms with E-state index in [-0.39, 0.29) is 17.2 Å². The van der Waals surface area contributed by atoms with Crippen LogP contribution in [-0.2, 0) is 11.2 Å². The Hall–Kier alpha value is -1.36. The Morgan fingerprint density at radius 3 is 3.00 bits per heavy atom. The standard InChI is InChI=1S/C12H17NO3S/c1-3-5-6-7-9-10(14)11(17-13-9)12(15)16-8-4-2/h4,14H,2-3,5-8H2,1H3. The molecule has 0 atom stereocenters. The van der Waals surface area contributed by atoms with E-state index >= 15 is 0 Å². The van der Waals surface area contributed by atoms with E-state index in [1.54, 1.807) is 0 Å². The maximum atomic E-state index is 11.5. The van der Waals surface area contributed by atoms with Crippen molar-refractivity contribution in [3.8, 4) is 5.75 Å². The molecule has 4 nitrogen and oxygen atoms in total. The van der Waals surface area contributed by atoms with E-state index in [9.17, 15) is 9.90 Å². The second-order valence-corrected chi connectivity index (χ2v) is 4.42. The topological polar surface area (TPSA) is 59.4 Å². The summed E-state index contributed by atoms with van der Waals surface area (Å²) >= 11 is 0.984. The van der Waals surface area contributed by atoms with Gasteiger partial charge in [0.15, 0.2) is 10.6 Å². The van der Waals surface area contributed by atoms with Gasteiger partial charge in [-0.3, -0.25) is 0 Å². The summed E-state index contributed by atoms with van der Waals surface area (Å²) in [5, 5.41) is 9.82. The Kier molecular flexibility index (Phi) is 5.69. The lowest BCUT2D eigenvalue weighted by atomic mass is 10.1. The average molecular weight is 255 g/mol. The largest absolute Gasteiger partial charge is 0.504 e. The van der Waals surface area contributed by atoms with Gasteiger partial charge < -0.3 is 9.84 Å². The second kappa shape index (κ2) is 7.06. The number of ether oxygens (including phenoxy) is 1. The minimum atomic E-state index is -0.540. The number of carbonyl (C=O) groups excluding carboxylic acids is 1. The minimum absolute atomic E-state index is 0.0276. The summed E-state index contributed by atoms with van der Waals surface area (Å²) in [6.07, 6.45) is 5.35. The molecule has 0 bridgehead atoms. The van der Waals surface area contributed by atoms with E-state index in [1.165, 1.54) is 6.08 Å². The van der Waals surface area contributed by atoms with Crippen LogP contribution in [0.15, 0.2) is 12.7 Å². The fourth-order valence-corrected chi connectivity index (χ4v) is 2.08. The van der Waals surface area contributed by atoms with Gasteiger partial charge in [-0.05, 0) is 24.4 Å². The highest BCUT2D eigenvalue weighted by Gasteiger charge is 2.19. The maximum Gasteiger partial charge on any atom is 0.354 e. The molecule has 0 aliphatic carbocycles. The molecule has 0 aliphatic heterocycles. The first kappa shape index (κ1) is 13.7. The van der Waals surface area contributed by atoms with Crippen molar-refractivity contribution in [3.63, 3.8) is 0 Å². The van der Waals surface area contributed by atoms with Gasteiger partial charge in [0, 0.05) is 0 Å². The molecule has 5 heteroatoms. The predicted octanol–water partition coefficient (Wildman–Crippen LogP) is 2.92. The van der Waals surface area contributed by atoms with Crippen LogP contribution >= 0.6 is 11.5 Å². The highest BCUT2D eigenvalue weighted by Crippen LogP contribution is 2.28. The van der Waals surface area contributed by atoms with Crippen LogP contribution in [-0.4, -0.2) is 22.1 Å². The summed E-state index contributed by atoms with van der Waals surface area (Å²) < 4.78 is 8.93. The molecule has 0 spiro atoms. The van der Waals surface area contributed by atoms with Gasteiger partial charge in [0.2, 0.25) is 0 Å². The fraction of sp³-hybridized carbons (Fsp3) is 0.500. The number of aromatic nitrogens is 1. The molecule has 94 valence electrons. The summed E-state index contributed by atoms with van der Waals surface area (Å²) in [5.74, 6) is -0.568. The molecular weight excluding hydrogens is 238 g/mol. The normalized spacial score (nSPS) is 10.2. The molecule has 17 heavy (non-hydrogen) atoms. The van der Waals surface area contributed by atoms with Crippen LogP contribution in [0.1, 0.15) is 41.6 Å². The summed E-state index contributed by atoms with van der Waals surface area (Å²) in [5.41, 5.74) is 0.592. The fourth-order valence-electron chi connectivity index (χ4n) is 1.36. The number of unbranched alkanes of at least 4 members (excludes halogenated alkanes) is 2. The first-order chi connectivity index (χ1) is 8.20. The smallest absolute Gasteiger partial charge is 0.354 e. The third kappa shape index (κ3) is 3.85. The van der Waals surface area contributed by atoms with Gasteiger partial charge in [-0.1, -0.05) is 32.4 Å².